The fourth-order valence-corrected chi connectivity index (χ4v) is 1.30. The van der Waals surface area contributed by atoms with E-state index >= 15 is 0 Å². The van der Waals surface area contributed by atoms with Crippen LogP contribution in [0.5, 0.6) is 0 Å². The third-order valence-corrected chi connectivity index (χ3v) is 2.26. The Morgan fingerprint density at radius 2 is 2.47 bits per heavy atom. The van der Waals surface area contributed by atoms with E-state index in [1.54, 1.807) is 25.2 Å². The van der Waals surface area contributed by atoms with Gasteiger partial charge in [0.25, 0.3) is 0 Å². The Morgan fingerprint density at radius 1 is 1.71 bits per heavy atom. The zero-order valence-corrected chi connectivity index (χ0v) is 10.2. The molecule has 1 atom stereocenters. The Morgan fingerprint density at radius 3 is 3.06 bits per heavy atom. The number of carbonyl (C=O) groups is 1. The molecule has 0 saturated carbocycles. The van der Waals surface area contributed by atoms with Crippen LogP contribution in [0.3, 0.4) is 0 Å². The molecule has 0 aliphatic carbocycles. The highest BCUT2D eigenvalue weighted by molar-refractivity contribution is 5.81. The second kappa shape index (κ2) is 6.97. The monoisotopic (exact) mass is 241 g/mol. The lowest BCUT2D eigenvalue weighted by Crippen LogP contribution is -2.42. The molecule has 0 saturated heterocycles. The molecule has 1 heterocycles. The molecule has 0 spiro atoms. The van der Waals surface area contributed by atoms with Gasteiger partial charge >= 0.3 is 0 Å². The van der Waals surface area contributed by atoms with Gasteiger partial charge in [0, 0.05) is 33.7 Å². The van der Waals surface area contributed by atoms with Crippen LogP contribution in [0, 0.1) is 0 Å². The highest BCUT2D eigenvalue weighted by atomic mass is 16.5. The van der Waals surface area contributed by atoms with Crippen LogP contribution in [0.15, 0.2) is 6.33 Å². The van der Waals surface area contributed by atoms with E-state index in [9.17, 15) is 4.79 Å². The SMILES string of the molecule is COCCC(N)C(=O)NCCc1ncn(C)n1. The van der Waals surface area contributed by atoms with E-state index in [-0.39, 0.29) is 5.91 Å². The van der Waals surface area contributed by atoms with Crippen LogP contribution >= 0.6 is 0 Å². The highest BCUT2D eigenvalue weighted by Gasteiger charge is 2.12. The predicted molar refractivity (Wildman–Crippen MR) is 62.2 cm³/mol. The van der Waals surface area contributed by atoms with Crippen LogP contribution in [0.2, 0.25) is 0 Å². The largest absolute Gasteiger partial charge is 0.385 e. The Balaban J connectivity index is 2.19. The molecule has 1 rings (SSSR count). The third-order valence-electron chi connectivity index (χ3n) is 2.26. The van der Waals surface area contributed by atoms with Crippen molar-refractivity contribution in [2.45, 2.75) is 18.9 Å². The number of carbonyl (C=O) groups excluding carboxylic acids is 1. The molecular formula is C10H19N5O2. The molecule has 1 unspecified atom stereocenters. The van der Waals surface area contributed by atoms with Crippen molar-refractivity contribution in [2.75, 3.05) is 20.3 Å². The molecule has 0 aliphatic heterocycles. The number of rotatable bonds is 7. The summed E-state index contributed by atoms with van der Waals surface area (Å²) in [6.45, 7) is 0.972. The zero-order chi connectivity index (χ0) is 12.7. The number of nitrogens with zero attached hydrogens (tertiary/aromatic N) is 3. The molecule has 0 aliphatic rings. The molecule has 3 N–H and O–H groups in total. The van der Waals surface area contributed by atoms with Gasteiger partial charge in [-0.05, 0) is 6.42 Å². The van der Waals surface area contributed by atoms with Gasteiger partial charge in [-0.1, -0.05) is 0 Å². The number of methoxy groups -OCH3 is 1. The first kappa shape index (κ1) is 13.6. The number of hydrogen-bond donors (Lipinski definition) is 2. The third kappa shape index (κ3) is 4.92. The lowest BCUT2D eigenvalue weighted by Gasteiger charge is -2.10. The van der Waals surface area contributed by atoms with Gasteiger partial charge in [-0.2, -0.15) is 5.10 Å². The van der Waals surface area contributed by atoms with Gasteiger partial charge < -0.3 is 15.8 Å². The molecule has 1 aromatic heterocycles. The Bertz CT molecular complexity index is 352. The van der Waals surface area contributed by atoms with E-state index in [4.69, 9.17) is 10.5 Å². The van der Waals surface area contributed by atoms with E-state index < -0.39 is 6.04 Å². The normalized spacial score (nSPS) is 12.4. The van der Waals surface area contributed by atoms with Crippen LogP contribution in [0.1, 0.15) is 12.2 Å². The predicted octanol–water partition coefficient (Wildman–Crippen LogP) is -1.16. The molecule has 0 radical (unpaired) electrons. The lowest BCUT2D eigenvalue weighted by atomic mass is 10.2. The summed E-state index contributed by atoms with van der Waals surface area (Å²) >= 11 is 0. The maximum Gasteiger partial charge on any atom is 0.237 e. The van der Waals surface area contributed by atoms with Gasteiger partial charge in [0.2, 0.25) is 5.91 Å². The van der Waals surface area contributed by atoms with E-state index in [1.807, 2.05) is 0 Å². The molecular weight excluding hydrogens is 222 g/mol. The lowest BCUT2D eigenvalue weighted by molar-refractivity contribution is -0.122. The number of aromatic nitrogens is 3. The Hall–Kier alpha value is -1.47. The highest BCUT2D eigenvalue weighted by Crippen LogP contribution is 1.91. The Labute approximate surface area is 100 Å². The summed E-state index contributed by atoms with van der Waals surface area (Å²) in [7, 11) is 3.38. The summed E-state index contributed by atoms with van der Waals surface area (Å²) in [5, 5.41) is 6.85. The first-order valence-electron chi connectivity index (χ1n) is 5.50. The summed E-state index contributed by atoms with van der Waals surface area (Å²) in [4.78, 5) is 15.6. The molecule has 17 heavy (non-hydrogen) atoms. The average Bonchev–Trinajstić information content (AvgIpc) is 2.71. The van der Waals surface area contributed by atoms with Gasteiger partial charge in [0.05, 0.1) is 6.04 Å². The Kier molecular flexibility index (Phi) is 5.58. The minimum absolute atomic E-state index is 0.169. The van der Waals surface area contributed by atoms with Crippen molar-refractivity contribution in [1.29, 1.82) is 0 Å². The standard InChI is InChI=1S/C10H19N5O2/c1-15-7-13-9(14-15)3-5-12-10(16)8(11)4-6-17-2/h7-8H,3-6,11H2,1-2H3,(H,12,16). The molecule has 1 aromatic rings. The van der Waals surface area contributed by atoms with Gasteiger partial charge in [0.1, 0.15) is 6.33 Å². The minimum Gasteiger partial charge on any atom is -0.385 e. The molecule has 0 fully saturated rings. The zero-order valence-electron chi connectivity index (χ0n) is 10.2. The smallest absolute Gasteiger partial charge is 0.237 e. The van der Waals surface area contributed by atoms with Crippen LogP contribution in [0.4, 0.5) is 0 Å². The minimum atomic E-state index is -0.522. The van der Waals surface area contributed by atoms with Crippen LogP contribution in [0.25, 0.3) is 0 Å². The van der Waals surface area contributed by atoms with E-state index in [0.29, 0.717) is 31.8 Å². The quantitative estimate of drug-likeness (QED) is 0.627. The van der Waals surface area contributed by atoms with Gasteiger partial charge in [-0.15, -0.1) is 0 Å². The maximum atomic E-state index is 11.5. The van der Waals surface area contributed by atoms with Crippen molar-refractivity contribution in [1.82, 2.24) is 20.1 Å². The summed E-state index contributed by atoms with van der Waals surface area (Å²) in [5.74, 6) is 0.538. The second-order valence-corrected chi connectivity index (χ2v) is 3.76. The van der Waals surface area contributed by atoms with Crippen LogP contribution in [-0.2, 0) is 23.0 Å². The van der Waals surface area contributed by atoms with Crippen molar-refractivity contribution in [3.05, 3.63) is 12.2 Å². The fourth-order valence-electron chi connectivity index (χ4n) is 1.30. The number of nitrogens with one attached hydrogen (secondary N) is 1. The van der Waals surface area contributed by atoms with E-state index in [0.717, 1.165) is 0 Å². The molecule has 0 bridgehead atoms. The van der Waals surface area contributed by atoms with Gasteiger partial charge in [-0.3, -0.25) is 9.48 Å². The molecule has 1 amide bonds. The number of aryl methyl sites for hydroxylation is 1. The van der Waals surface area contributed by atoms with Crippen LogP contribution in [-0.4, -0.2) is 47.0 Å². The maximum absolute atomic E-state index is 11.5. The first-order valence-corrected chi connectivity index (χ1v) is 5.50. The van der Waals surface area contributed by atoms with Crippen molar-refractivity contribution in [2.24, 2.45) is 12.8 Å². The van der Waals surface area contributed by atoms with Crippen molar-refractivity contribution >= 4 is 5.91 Å². The molecule has 96 valence electrons. The molecule has 7 heteroatoms. The van der Waals surface area contributed by atoms with Crippen molar-refractivity contribution < 1.29 is 9.53 Å². The second-order valence-electron chi connectivity index (χ2n) is 3.76. The van der Waals surface area contributed by atoms with E-state index in [2.05, 4.69) is 15.4 Å². The number of ether oxygens (including phenoxy) is 1. The summed E-state index contributed by atoms with van der Waals surface area (Å²) in [5.41, 5.74) is 5.66. The topological polar surface area (TPSA) is 95.1 Å². The van der Waals surface area contributed by atoms with Gasteiger partial charge in [-0.25, -0.2) is 4.98 Å². The number of nitrogens with two attached hydrogens (primary N) is 1. The number of hydrogen-bond acceptors (Lipinski definition) is 5. The average molecular weight is 241 g/mol. The van der Waals surface area contributed by atoms with Crippen molar-refractivity contribution in [3.63, 3.8) is 0 Å². The molecule has 0 aromatic carbocycles. The summed E-state index contributed by atoms with van der Waals surface area (Å²) < 4.78 is 6.48. The number of amides is 1. The molecule has 7 nitrogen and oxygen atoms in total. The van der Waals surface area contributed by atoms with Crippen molar-refractivity contribution in [3.8, 4) is 0 Å². The van der Waals surface area contributed by atoms with E-state index in [1.165, 1.54) is 0 Å². The van der Waals surface area contributed by atoms with Crippen LogP contribution < -0.4 is 11.1 Å². The summed E-state index contributed by atoms with van der Waals surface area (Å²) in [6.07, 6.45) is 2.75. The summed E-state index contributed by atoms with van der Waals surface area (Å²) in [6, 6.07) is -0.522. The van der Waals surface area contributed by atoms with Gasteiger partial charge in [0.15, 0.2) is 5.82 Å². The first-order chi connectivity index (χ1) is 8.13. The fraction of sp³-hybridized carbons (Fsp3) is 0.700.